The minimum absolute atomic E-state index is 0. The molecule has 1 heterocycles. The zero-order valence-electron chi connectivity index (χ0n) is 14.9. The smallest absolute Gasteiger partial charge is 0.155 e. The molecule has 0 aliphatic heterocycles. The number of carbonyl (C=O) groups excluding carboxylic acids is 1. The number of hydrogen-bond donors (Lipinski definition) is 1. The maximum absolute atomic E-state index is 10.0. The summed E-state index contributed by atoms with van der Waals surface area (Å²) in [5.41, 5.74) is 2.16. The number of nitrogens with zero attached hydrogens (tertiary/aromatic N) is 1. The van der Waals surface area contributed by atoms with Gasteiger partial charge in [0.25, 0.3) is 0 Å². The van der Waals surface area contributed by atoms with Gasteiger partial charge in [0.05, 0.1) is 11.3 Å². The summed E-state index contributed by atoms with van der Waals surface area (Å²) in [5, 5.41) is 11.8. The quantitative estimate of drug-likeness (QED) is 0.190. The Hall–Kier alpha value is -2.33. The summed E-state index contributed by atoms with van der Waals surface area (Å²) in [6.45, 7) is 2.85. The van der Waals surface area contributed by atoms with Gasteiger partial charge in [-0.05, 0) is 26.0 Å². The van der Waals surface area contributed by atoms with Gasteiger partial charge in [-0.25, -0.2) is 0 Å². The predicted octanol–water partition coefficient (Wildman–Crippen LogP) is 5.95. The summed E-state index contributed by atoms with van der Waals surface area (Å²) in [5.74, 6) is -0.0625. The number of ketones is 1. The molecule has 0 bridgehead atoms. The number of fused-ring (bicyclic) bond motifs is 2. The molecule has 1 N–H and O–H groups in total. The second kappa shape index (κ2) is 9.56. The number of benzene rings is 3. The van der Waals surface area contributed by atoms with Gasteiger partial charge in [0, 0.05) is 35.9 Å². The largest absolute Gasteiger partial charge is 0.512 e. The number of hydrogen-bond acceptors (Lipinski definition) is 4. The molecule has 0 aliphatic carbocycles. The van der Waals surface area contributed by atoms with Crippen LogP contribution in [0.4, 0.5) is 0 Å². The van der Waals surface area contributed by atoms with Crippen molar-refractivity contribution in [3.05, 3.63) is 78.6 Å². The van der Waals surface area contributed by atoms with Crippen LogP contribution >= 0.6 is 11.3 Å². The van der Waals surface area contributed by atoms with Crippen molar-refractivity contribution in [3.63, 3.8) is 0 Å². The molecule has 4 aromatic rings. The number of rotatable bonds is 2. The maximum atomic E-state index is 10.0. The van der Waals surface area contributed by atoms with Crippen LogP contribution in [0.2, 0.25) is 0 Å². The van der Waals surface area contributed by atoms with Crippen molar-refractivity contribution in [2.75, 3.05) is 0 Å². The Morgan fingerprint density at radius 2 is 1.78 bits per heavy atom. The standard InChI is InChI=1S/C17H10NS.C5H8O2.Ir/c1-2-8-13-12(6-1)7-5-9-14(13)17-18-15-10-3-4-11-16(15)19-17;1-4(6)3-5(2)7;/h1-8,10-11H;3,6H,1-2H3;/q-1;;. The van der Waals surface area contributed by atoms with Crippen molar-refractivity contribution in [1.29, 1.82) is 0 Å². The summed E-state index contributed by atoms with van der Waals surface area (Å²) in [7, 11) is 0. The zero-order chi connectivity index (χ0) is 18.5. The first kappa shape index (κ1) is 21.0. The van der Waals surface area contributed by atoms with E-state index < -0.39 is 0 Å². The molecule has 0 fully saturated rings. The van der Waals surface area contributed by atoms with Crippen LogP contribution in [0.5, 0.6) is 0 Å². The SMILES string of the molecule is CC(=O)C=C(C)O.[Ir].[c-]1ccc2ccccc2c1-c1nc2ccccc2s1. The molecule has 27 heavy (non-hydrogen) atoms. The van der Waals surface area contributed by atoms with Crippen LogP contribution in [0.15, 0.2) is 72.5 Å². The molecule has 0 unspecified atom stereocenters. The first-order chi connectivity index (χ1) is 12.5. The molecule has 3 aromatic carbocycles. The van der Waals surface area contributed by atoms with Gasteiger partial charge < -0.3 is 5.11 Å². The minimum Gasteiger partial charge on any atom is -0.512 e. The molecule has 0 aliphatic rings. The van der Waals surface area contributed by atoms with Crippen LogP contribution in [0.1, 0.15) is 13.8 Å². The van der Waals surface area contributed by atoms with Crippen LogP contribution in [0, 0.1) is 6.07 Å². The number of thiazole rings is 1. The van der Waals surface area contributed by atoms with E-state index in [0.29, 0.717) is 0 Å². The van der Waals surface area contributed by atoms with E-state index in [1.807, 2.05) is 12.1 Å². The molecule has 0 spiro atoms. The van der Waals surface area contributed by atoms with Gasteiger partial charge in [-0.2, -0.15) is 11.3 Å². The van der Waals surface area contributed by atoms with E-state index in [9.17, 15) is 4.79 Å². The van der Waals surface area contributed by atoms with Gasteiger partial charge in [-0.3, -0.25) is 9.78 Å². The monoisotopic (exact) mass is 553 g/mol. The third-order valence-electron chi connectivity index (χ3n) is 3.64. The topological polar surface area (TPSA) is 50.2 Å². The van der Waals surface area contributed by atoms with E-state index in [1.165, 1.54) is 35.4 Å². The number of allylic oxidation sites excluding steroid dienone is 2. The molecule has 4 rings (SSSR count). The molecule has 5 heteroatoms. The maximum Gasteiger partial charge on any atom is 0.155 e. The van der Waals surface area contributed by atoms with E-state index in [1.54, 1.807) is 11.3 Å². The predicted molar refractivity (Wildman–Crippen MR) is 108 cm³/mol. The second-order valence-corrected chi connectivity index (χ2v) is 6.85. The molecule has 0 saturated carbocycles. The second-order valence-electron chi connectivity index (χ2n) is 5.82. The molecular weight excluding hydrogens is 535 g/mol. The average molecular weight is 553 g/mol. The summed E-state index contributed by atoms with van der Waals surface area (Å²) in [4.78, 5) is 14.7. The Kier molecular flexibility index (Phi) is 7.43. The summed E-state index contributed by atoms with van der Waals surface area (Å²) >= 11 is 1.72. The first-order valence-electron chi connectivity index (χ1n) is 8.18. The molecule has 0 atom stereocenters. The van der Waals surface area contributed by atoms with Crippen molar-refractivity contribution < 1.29 is 30.0 Å². The molecular formula is C22H18IrNO2S-. The molecule has 1 radical (unpaired) electrons. The number of aromatic nitrogens is 1. The average Bonchev–Trinajstić information content (AvgIpc) is 3.04. The van der Waals surface area contributed by atoms with Crippen molar-refractivity contribution in [3.8, 4) is 10.6 Å². The van der Waals surface area contributed by atoms with Gasteiger partial charge in [0.1, 0.15) is 0 Å². The fraction of sp³-hybridized carbons (Fsp3) is 0.0909. The van der Waals surface area contributed by atoms with Crippen molar-refractivity contribution >= 4 is 38.1 Å². The molecule has 0 saturated heterocycles. The fourth-order valence-electron chi connectivity index (χ4n) is 2.61. The fourth-order valence-corrected chi connectivity index (χ4v) is 3.60. The summed E-state index contributed by atoms with van der Waals surface area (Å²) in [6, 6.07) is 24.0. The van der Waals surface area contributed by atoms with Crippen LogP contribution in [0.3, 0.4) is 0 Å². The van der Waals surface area contributed by atoms with E-state index >= 15 is 0 Å². The zero-order valence-corrected chi connectivity index (χ0v) is 18.1. The molecule has 3 nitrogen and oxygen atoms in total. The Balaban J connectivity index is 0.000000285. The summed E-state index contributed by atoms with van der Waals surface area (Å²) < 4.78 is 1.22. The van der Waals surface area contributed by atoms with Crippen molar-refractivity contribution in [2.45, 2.75) is 13.8 Å². The summed E-state index contributed by atoms with van der Waals surface area (Å²) in [6.07, 6.45) is 1.17. The number of para-hydroxylation sites is 1. The van der Waals surface area contributed by atoms with Gasteiger partial charge in [-0.15, -0.1) is 29.1 Å². The van der Waals surface area contributed by atoms with Crippen LogP contribution < -0.4 is 0 Å². The number of aliphatic hydroxyl groups excluding tert-OH is 1. The molecule has 1 aromatic heterocycles. The van der Waals surface area contributed by atoms with E-state index in [2.05, 4.69) is 54.6 Å². The Morgan fingerprint density at radius 3 is 2.44 bits per heavy atom. The third kappa shape index (κ3) is 5.33. The van der Waals surface area contributed by atoms with Crippen molar-refractivity contribution in [1.82, 2.24) is 4.98 Å². The Bertz CT molecular complexity index is 1060. The van der Waals surface area contributed by atoms with Crippen molar-refractivity contribution in [2.24, 2.45) is 0 Å². The van der Waals surface area contributed by atoms with Gasteiger partial charge in [0.15, 0.2) is 5.78 Å². The van der Waals surface area contributed by atoms with E-state index in [4.69, 9.17) is 10.1 Å². The first-order valence-corrected chi connectivity index (χ1v) is 8.99. The van der Waals surface area contributed by atoms with E-state index in [0.717, 1.165) is 16.1 Å². The number of aliphatic hydroxyl groups is 1. The van der Waals surface area contributed by atoms with Gasteiger partial charge >= 0.3 is 0 Å². The van der Waals surface area contributed by atoms with Crippen LogP contribution in [0.25, 0.3) is 31.6 Å². The Morgan fingerprint density at radius 1 is 1.07 bits per heavy atom. The number of carbonyl (C=O) groups is 1. The van der Waals surface area contributed by atoms with Crippen LogP contribution in [-0.2, 0) is 24.9 Å². The normalized spacial score (nSPS) is 10.8. The Labute approximate surface area is 175 Å². The van der Waals surface area contributed by atoms with Gasteiger partial charge in [-0.1, -0.05) is 41.8 Å². The molecule has 139 valence electrons. The van der Waals surface area contributed by atoms with E-state index in [-0.39, 0.29) is 31.6 Å². The van der Waals surface area contributed by atoms with Gasteiger partial charge in [0.2, 0.25) is 0 Å². The van der Waals surface area contributed by atoms with Crippen LogP contribution in [-0.4, -0.2) is 15.9 Å². The minimum atomic E-state index is -0.125. The molecule has 0 amide bonds. The third-order valence-corrected chi connectivity index (χ3v) is 4.69.